The van der Waals surface area contributed by atoms with Crippen LogP contribution < -0.4 is 0 Å². The van der Waals surface area contributed by atoms with Crippen molar-refractivity contribution in [2.24, 2.45) is 0 Å². The molecule has 0 atom stereocenters. The molecule has 13 aromatic rings. The average Bonchev–Trinajstić information content (AvgIpc) is 4.08. The summed E-state index contributed by atoms with van der Waals surface area (Å²) in [7, 11) is 0. The Hall–Kier alpha value is -9.12. The molecule has 0 aliphatic heterocycles. The topological polar surface area (TPSA) is 85.5 Å². The van der Waals surface area contributed by atoms with Gasteiger partial charge in [-0.15, -0.1) is 0 Å². The molecule has 13 rings (SSSR count). The maximum Gasteiger partial charge on any atom is 0.167 e. The molecule has 4 heterocycles. The van der Waals surface area contributed by atoms with Gasteiger partial charge >= 0.3 is 0 Å². The summed E-state index contributed by atoms with van der Waals surface area (Å²) in [6.45, 7) is 0. The van der Waals surface area contributed by atoms with Gasteiger partial charge in [-0.25, -0.2) is 15.0 Å². The van der Waals surface area contributed by atoms with Crippen molar-refractivity contribution in [2.45, 2.75) is 0 Å². The van der Waals surface area contributed by atoms with Crippen molar-refractivity contribution in [3.8, 4) is 62.7 Å². The van der Waals surface area contributed by atoms with E-state index in [0.29, 0.717) is 56.5 Å². The predicted octanol–water partition coefficient (Wildman–Crippen LogP) is 14.5. The van der Waals surface area contributed by atoms with Crippen LogP contribution >= 0.6 is 0 Å². The first kappa shape index (κ1) is 31.7. The summed E-state index contributed by atoms with van der Waals surface area (Å²) in [6, 6.07) is 58.1. The number of aromatic nitrogens is 5. The average molecular weight is 836 g/mol. The fourth-order valence-electron chi connectivity index (χ4n) is 9.43. The molecule has 0 fully saturated rings. The van der Waals surface area contributed by atoms with Crippen LogP contribution in [0.2, 0.25) is 0 Å². The van der Waals surface area contributed by atoms with Crippen molar-refractivity contribution in [1.29, 1.82) is 5.26 Å². The molecule has 9 aromatic carbocycles. The number of fused-ring (bicyclic) bond motifs is 10. The van der Waals surface area contributed by atoms with Gasteiger partial charge in [0.15, 0.2) is 17.5 Å². The molecule has 0 amide bonds. The van der Waals surface area contributed by atoms with Crippen LogP contribution in [0.25, 0.3) is 122 Å². The first-order valence-corrected chi connectivity index (χ1v) is 21.2. The summed E-state index contributed by atoms with van der Waals surface area (Å²) < 4.78 is 53.8. The quantitative estimate of drug-likeness (QED) is 0.167. The van der Waals surface area contributed by atoms with Gasteiger partial charge in [-0.2, -0.15) is 5.26 Å². The zero-order valence-electron chi connectivity index (χ0n) is 39.3. The molecular weight excluding hydrogens is 797 g/mol. The minimum Gasteiger partial charge on any atom is -0.455 e. The van der Waals surface area contributed by atoms with E-state index < -0.39 is 18.1 Å². The Balaban J connectivity index is 1.04. The molecule has 0 aliphatic carbocycles. The predicted molar refractivity (Wildman–Crippen MR) is 262 cm³/mol. The first-order valence-electron chi connectivity index (χ1n) is 23.7. The lowest BCUT2D eigenvalue weighted by Gasteiger charge is -2.13. The Morgan fingerprint density at radius 1 is 0.477 bits per heavy atom. The molecule has 0 aliphatic rings. The van der Waals surface area contributed by atoms with Gasteiger partial charge in [0.05, 0.1) is 45.7 Å². The molecule has 7 heteroatoms. The van der Waals surface area contributed by atoms with E-state index in [1.54, 1.807) is 4.57 Å². The zero-order valence-corrected chi connectivity index (χ0v) is 34.3. The van der Waals surface area contributed by atoms with Crippen LogP contribution in [-0.2, 0) is 0 Å². The Morgan fingerprint density at radius 2 is 1.11 bits per heavy atom. The monoisotopic (exact) mass is 835 g/mol. The lowest BCUT2D eigenvalue weighted by Crippen LogP contribution is -2.02. The maximum absolute atomic E-state index is 11.2. The van der Waals surface area contributed by atoms with Gasteiger partial charge in [0.25, 0.3) is 0 Å². The second-order valence-corrected chi connectivity index (χ2v) is 15.9. The largest absolute Gasteiger partial charge is 0.455 e. The lowest BCUT2D eigenvalue weighted by atomic mass is 10.0. The van der Waals surface area contributed by atoms with Crippen LogP contribution in [0.1, 0.15) is 12.4 Å². The van der Waals surface area contributed by atoms with Crippen molar-refractivity contribution in [3.63, 3.8) is 0 Å². The van der Waals surface area contributed by atoms with E-state index in [-0.39, 0.29) is 17.8 Å². The highest BCUT2D eigenvalue weighted by atomic mass is 16.3. The fraction of sp³-hybridized carbons (Fsp3) is 0. The van der Waals surface area contributed by atoms with Gasteiger partial charge in [-0.1, -0.05) is 146 Å². The summed E-state index contributed by atoms with van der Waals surface area (Å²) in [4.78, 5) is 15.3. The Kier molecular flexibility index (Phi) is 7.06. The molecular formula is C58H34N6O. The molecule has 302 valence electrons. The molecule has 0 unspecified atom stereocenters. The zero-order chi connectivity index (χ0) is 47.4. The normalized spacial score (nSPS) is 12.8. The van der Waals surface area contributed by atoms with E-state index in [1.807, 2.05) is 146 Å². The Bertz CT molecular complexity index is 4350. The molecule has 65 heavy (non-hydrogen) atoms. The van der Waals surface area contributed by atoms with E-state index in [9.17, 15) is 5.26 Å². The summed E-state index contributed by atoms with van der Waals surface area (Å²) in [5.74, 6) is 1.24. The fourth-order valence-corrected chi connectivity index (χ4v) is 9.43. The van der Waals surface area contributed by atoms with Gasteiger partial charge in [0, 0.05) is 49.1 Å². The van der Waals surface area contributed by atoms with Crippen LogP contribution in [0.15, 0.2) is 211 Å². The number of nitrogens with zero attached hydrogens (tertiary/aromatic N) is 6. The summed E-state index contributed by atoms with van der Waals surface area (Å²) >= 11 is 0. The molecule has 7 nitrogen and oxygen atoms in total. The third-order valence-electron chi connectivity index (χ3n) is 12.3. The molecule has 0 bridgehead atoms. The maximum atomic E-state index is 11.2. The SMILES string of the molecule is [2H]c1c([2H])c([2H])c(-n2c3ccccc3c3c2ccc2c4ccccc4n(-c4ccc(-c5nc(-c6ccc(-c7ccccc7)cc6)nc(-c6cccc7c6oc6ccccc67)n5)cc4C#N)c23)c([2H])c1[2H]. The smallest absolute Gasteiger partial charge is 0.167 e. The van der Waals surface area contributed by atoms with Crippen LogP contribution in [0.3, 0.4) is 0 Å². The number of hydrogen-bond donors (Lipinski definition) is 0. The van der Waals surface area contributed by atoms with Gasteiger partial charge < -0.3 is 13.6 Å². The number of hydrogen-bond acceptors (Lipinski definition) is 5. The van der Waals surface area contributed by atoms with E-state index in [0.717, 1.165) is 65.6 Å². The van der Waals surface area contributed by atoms with Crippen molar-refractivity contribution in [3.05, 3.63) is 212 Å². The Morgan fingerprint density at radius 3 is 1.91 bits per heavy atom. The van der Waals surface area contributed by atoms with E-state index in [4.69, 9.17) is 26.2 Å². The van der Waals surface area contributed by atoms with Crippen molar-refractivity contribution in [2.75, 3.05) is 0 Å². The van der Waals surface area contributed by atoms with E-state index >= 15 is 0 Å². The standard InChI is InChI=1S/C58H34N6O/c59-35-40-34-39(30-32-48(40)64-49-23-10-7-18-42(49)44-31-33-51-53(54(44)64)46-20-8-11-24-50(46)63(51)41-16-5-2-6-17-41)57-60-56(38-28-26-37(27-29-38)36-14-3-1-4-15-36)61-58(62-57)47-22-13-21-45-43-19-9-12-25-52(43)65-55(45)47/h1-34H/i2D,5D,6D,16D,17D. The van der Waals surface area contributed by atoms with Gasteiger partial charge in [-0.05, 0) is 71.7 Å². The van der Waals surface area contributed by atoms with Crippen LogP contribution in [-0.4, -0.2) is 24.1 Å². The number of nitriles is 1. The molecule has 0 saturated heterocycles. The molecule has 0 radical (unpaired) electrons. The number of furan rings is 1. The minimum atomic E-state index is -0.458. The third kappa shape index (κ3) is 5.71. The summed E-state index contributed by atoms with van der Waals surface area (Å²) in [6.07, 6.45) is 0. The van der Waals surface area contributed by atoms with Crippen molar-refractivity contribution in [1.82, 2.24) is 24.1 Å². The third-order valence-corrected chi connectivity index (χ3v) is 12.3. The number of rotatable bonds is 6. The van der Waals surface area contributed by atoms with Crippen molar-refractivity contribution < 1.29 is 11.3 Å². The summed E-state index contributed by atoms with van der Waals surface area (Å²) in [5, 5.41) is 16.6. The second-order valence-electron chi connectivity index (χ2n) is 15.9. The Labute approximate surface area is 379 Å². The van der Waals surface area contributed by atoms with Crippen LogP contribution in [0, 0.1) is 11.3 Å². The van der Waals surface area contributed by atoms with Crippen LogP contribution in [0.4, 0.5) is 0 Å². The number of para-hydroxylation sites is 5. The molecule has 0 N–H and O–H groups in total. The van der Waals surface area contributed by atoms with E-state index in [2.05, 4.69) is 41.0 Å². The van der Waals surface area contributed by atoms with Gasteiger partial charge in [0.2, 0.25) is 0 Å². The number of benzene rings is 9. The minimum absolute atomic E-state index is 0.0565. The van der Waals surface area contributed by atoms with Crippen molar-refractivity contribution >= 4 is 65.6 Å². The lowest BCUT2D eigenvalue weighted by molar-refractivity contribution is 0.669. The highest BCUT2D eigenvalue weighted by molar-refractivity contribution is 6.26. The highest BCUT2D eigenvalue weighted by Gasteiger charge is 2.23. The van der Waals surface area contributed by atoms with Gasteiger partial charge in [-0.3, -0.25) is 0 Å². The molecule has 4 aromatic heterocycles. The highest BCUT2D eigenvalue weighted by Crippen LogP contribution is 2.43. The molecule has 0 spiro atoms. The van der Waals surface area contributed by atoms with E-state index in [1.165, 1.54) is 0 Å². The van der Waals surface area contributed by atoms with Crippen LogP contribution in [0.5, 0.6) is 0 Å². The molecule has 0 saturated carbocycles. The summed E-state index contributed by atoms with van der Waals surface area (Å²) in [5.41, 5.74) is 9.66. The second kappa shape index (κ2) is 14.5. The first-order chi connectivity index (χ1) is 34.3. The van der Waals surface area contributed by atoms with Gasteiger partial charge in [0.1, 0.15) is 17.2 Å².